The van der Waals surface area contributed by atoms with Gasteiger partial charge in [0.05, 0.1) is 0 Å². The molecule has 0 N–H and O–H groups in total. The van der Waals surface area contributed by atoms with E-state index in [-0.39, 0.29) is 32.7 Å². The summed E-state index contributed by atoms with van der Waals surface area (Å²) in [6.45, 7) is 0. The van der Waals surface area contributed by atoms with E-state index in [1.165, 1.54) is 0 Å². The summed E-state index contributed by atoms with van der Waals surface area (Å²) in [6.07, 6.45) is 0. The third kappa shape index (κ3) is 113. The van der Waals surface area contributed by atoms with Gasteiger partial charge in [0.25, 0.3) is 0 Å². The Morgan fingerprint density at radius 3 is 1.00 bits per heavy atom. The van der Waals surface area contributed by atoms with Crippen LogP contribution in [0.1, 0.15) is 0 Å². The minimum atomic E-state index is 0. The third-order valence-electron chi connectivity index (χ3n) is 0. The van der Waals surface area contributed by atoms with Crippen LogP contribution in [0.25, 0.3) is 0 Å². The van der Waals surface area contributed by atoms with E-state index in [1.807, 2.05) is 7.72 Å². The first-order valence-corrected chi connectivity index (χ1v) is 0.289. The van der Waals surface area contributed by atoms with Gasteiger partial charge < -0.3 is 11.0 Å². The largest absolute Gasteiger partial charge is 4.00 e. The fourth-order valence-corrected chi connectivity index (χ4v) is 0. The van der Waals surface area contributed by atoms with Gasteiger partial charge in [0.2, 0.25) is 0 Å². The van der Waals surface area contributed by atoms with Crippen LogP contribution < -0.4 is 0 Å². The second-order valence-electron chi connectivity index (χ2n) is 0. The molecule has 0 aromatic heterocycles. The van der Waals surface area contributed by atoms with Crippen LogP contribution in [0.4, 0.5) is 0 Å². The van der Waals surface area contributed by atoms with Crippen LogP contribution in [-0.2, 0) is 37.4 Å². The van der Waals surface area contributed by atoms with E-state index < -0.39 is 0 Å². The van der Waals surface area contributed by atoms with Crippen LogP contribution in [0.5, 0.6) is 0 Å². The molecular weight excluding hydrogens is 107 g/mol. The molecule has 0 saturated heterocycles. The van der Waals surface area contributed by atoms with Crippen LogP contribution in [0, 0.1) is 0 Å². The zero-order valence-electron chi connectivity index (χ0n) is 2.43. The van der Waals surface area contributed by atoms with Crippen molar-refractivity contribution in [2.75, 3.05) is 0 Å². The van der Waals surface area contributed by atoms with Gasteiger partial charge in [-0.05, 0) is 0 Å². The van der Waals surface area contributed by atoms with Gasteiger partial charge in [-0.2, -0.15) is 0 Å². The van der Waals surface area contributed by atoms with Crippen molar-refractivity contribution in [3.05, 3.63) is 0 Å². The van der Waals surface area contributed by atoms with Gasteiger partial charge >= 0.3 is 34.1 Å². The molecule has 5 heavy (non-hydrogen) atoms. The van der Waals surface area contributed by atoms with Crippen molar-refractivity contribution < 1.29 is 37.4 Å². The summed E-state index contributed by atoms with van der Waals surface area (Å²) in [4.78, 5) is 0. The van der Waals surface area contributed by atoms with Crippen LogP contribution in [-0.4, -0.2) is 7.72 Å². The molecule has 0 spiro atoms. The Morgan fingerprint density at radius 1 is 1.00 bits per heavy atom. The van der Waals surface area contributed by atoms with Gasteiger partial charge in [0.15, 0.2) is 0 Å². The molecule has 0 bridgehead atoms. The van der Waals surface area contributed by atoms with Crippen molar-refractivity contribution in [3.63, 3.8) is 0 Å². The maximum atomic E-state index is 8.00. The van der Waals surface area contributed by atoms with Gasteiger partial charge in [0, 0.05) is 0 Å². The monoisotopic (exact) mass is 108 g/mol. The molecule has 0 amide bonds. The van der Waals surface area contributed by atoms with E-state index in [4.69, 9.17) is 4.70 Å². The maximum absolute atomic E-state index is 8.00. The third-order valence-corrected chi connectivity index (χ3v) is 0. The maximum Gasteiger partial charge on any atom is 4.00 e. The summed E-state index contributed by atoms with van der Waals surface area (Å²) in [7, 11) is 2.00. The number of rotatable bonds is 0. The molecule has 0 fully saturated rings. The fraction of sp³-hybridized carbons (Fsp3) is 0. The van der Waals surface area contributed by atoms with E-state index >= 15 is 0 Å². The second kappa shape index (κ2) is 221. The van der Waals surface area contributed by atoms with Crippen molar-refractivity contribution in [1.29, 1.82) is 0 Å². The number of hydrogen-bond donors (Lipinski definition) is 0. The summed E-state index contributed by atoms with van der Waals surface area (Å²) >= 11 is 0. The van der Waals surface area contributed by atoms with Crippen molar-refractivity contribution >= 4 is 7.72 Å². The molecule has 0 aliphatic heterocycles. The van der Waals surface area contributed by atoms with Gasteiger partial charge in [-0.15, -0.1) is 0 Å². The minimum absolute atomic E-state index is 0. The summed E-state index contributed by atoms with van der Waals surface area (Å²) in [5, 5.41) is 0. The zero-order valence-corrected chi connectivity index (χ0v) is 3.99. The van der Waals surface area contributed by atoms with E-state index in [2.05, 4.69) is 0 Å². The van der Waals surface area contributed by atoms with Crippen LogP contribution in [0.2, 0.25) is 0 Å². The average Bonchev–Trinajstić information content (AvgIpc) is 1.00. The van der Waals surface area contributed by atoms with Crippen LogP contribution in [0.15, 0.2) is 0 Å². The quantitative estimate of drug-likeness (QED) is 0.366. The average molecular weight is 108 g/mol. The second-order valence-corrected chi connectivity index (χ2v) is 0. The molecular formula is HBO3Ti. The molecule has 0 aromatic carbocycles. The van der Waals surface area contributed by atoms with E-state index in [1.54, 1.807) is 0 Å². The molecule has 26 valence electrons. The molecule has 5 heteroatoms. The van der Waals surface area contributed by atoms with Gasteiger partial charge in [-0.25, -0.2) is 0 Å². The minimum Gasteiger partial charge on any atom is -2.00 e. The Labute approximate surface area is 45.7 Å². The molecule has 0 unspecified atom stereocenters. The van der Waals surface area contributed by atoms with Crippen LogP contribution in [0.3, 0.4) is 0 Å². The molecule has 0 atom stereocenters. The Morgan fingerprint density at radius 2 is 1.00 bits per heavy atom. The van der Waals surface area contributed by atoms with E-state index in [0.29, 0.717) is 0 Å². The Kier molecular flexibility index (Phi) is 2190. The predicted octanol–water partition coefficient (Wildman–Crippen LogP) is -1.01. The molecule has 3 nitrogen and oxygen atoms in total. The standard InChI is InChI=1S/BHO.2O.Ti/c1-2;;;/h1H;;;/q;2*-2;+4. The normalized spacial score (nSPS) is 0.600. The molecule has 0 rings (SSSR count). The Bertz CT molecular complexity index is 6.85. The molecule has 0 radical (unpaired) electrons. The Balaban J connectivity index is -0.00000000167. The van der Waals surface area contributed by atoms with Gasteiger partial charge in [-0.1, -0.05) is 0 Å². The molecule has 0 aromatic rings. The van der Waals surface area contributed by atoms with E-state index in [0.717, 1.165) is 0 Å². The summed E-state index contributed by atoms with van der Waals surface area (Å²) < 4.78 is 8.00. The van der Waals surface area contributed by atoms with Crippen LogP contribution >= 0.6 is 0 Å². The van der Waals surface area contributed by atoms with Gasteiger partial charge in [-0.3, -0.25) is 0 Å². The summed E-state index contributed by atoms with van der Waals surface area (Å²) in [6, 6.07) is 0. The SMILES string of the molecule is B=O.[O-2].[O-2].[Ti+4]. The summed E-state index contributed by atoms with van der Waals surface area (Å²) in [5.74, 6) is 0. The predicted molar refractivity (Wildman–Crippen MR) is 9.21 cm³/mol. The fourth-order valence-electron chi connectivity index (χ4n) is 0. The van der Waals surface area contributed by atoms with E-state index in [9.17, 15) is 0 Å². The first-order chi connectivity index (χ1) is 1.00. The summed E-state index contributed by atoms with van der Waals surface area (Å²) in [5.41, 5.74) is 0. The van der Waals surface area contributed by atoms with Crippen molar-refractivity contribution in [3.8, 4) is 0 Å². The van der Waals surface area contributed by atoms with Crippen molar-refractivity contribution in [1.82, 2.24) is 0 Å². The van der Waals surface area contributed by atoms with Crippen molar-refractivity contribution in [2.24, 2.45) is 0 Å². The molecule has 0 heterocycles. The number of hydrogen-bond acceptors (Lipinski definition) is 1. The smallest absolute Gasteiger partial charge is 2.00 e. The first kappa shape index (κ1) is 49.5. The zero-order chi connectivity index (χ0) is 2.00. The Hall–Kier alpha value is 0.499. The van der Waals surface area contributed by atoms with Gasteiger partial charge in [0.1, 0.15) is 0 Å². The molecule has 0 saturated carbocycles. The van der Waals surface area contributed by atoms with Crippen molar-refractivity contribution in [2.45, 2.75) is 0 Å². The molecule has 0 aliphatic rings. The topological polar surface area (TPSA) is 74.1 Å². The first-order valence-electron chi connectivity index (χ1n) is 0.289. The molecule has 0 aliphatic carbocycles.